The summed E-state index contributed by atoms with van der Waals surface area (Å²) in [4.78, 5) is 0. The Bertz CT molecular complexity index is 326. The Kier molecular flexibility index (Phi) is 5.13. The third-order valence-electron chi connectivity index (χ3n) is 3.69. The van der Waals surface area contributed by atoms with E-state index in [2.05, 4.69) is 32.9 Å². The SMILES string of the molecule is CC(C)=CCC[C@@](O)(C=N)[C@@H]1CC=C(C)CC1. The van der Waals surface area contributed by atoms with Gasteiger partial charge in [-0.15, -0.1) is 0 Å². The van der Waals surface area contributed by atoms with Crippen LogP contribution in [0.15, 0.2) is 23.3 Å². The Morgan fingerprint density at radius 1 is 1.59 bits per heavy atom. The van der Waals surface area contributed by atoms with E-state index in [-0.39, 0.29) is 5.92 Å². The van der Waals surface area contributed by atoms with Crippen LogP contribution < -0.4 is 0 Å². The van der Waals surface area contributed by atoms with Gasteiger partial charge in [0.15, 0.2) is 0 Å². The average molecular weight is 235 g/mol. The van der Waals surface area contributed by atoms with Crippen molar-refractivity contribution in [2.45, 2.75) is 58.5 Å². The Labute approximate surface area is 105 Å². The zero-order valence-corrected chi connectivity index (χ0v) is 11.3. The molecule has 0 radical (unpaired) electrons. The van der Waals surface area contributed by atoms with E-state index in [1.807, 2.05) is 0 Å². The molecule has 0 aromatic carbocycles. The molecule has 0 aliphatic heterocycles. The largest absolute Gasteiger partial charge is 0.384 e. The van der Waals surface area contributed by atoms with Gasteiger partial charge in [0.25, 0.3) is 0 Å². The minimum Gasteiger partial charge on any atom is -0.384 e. The number of hydrogen-bond donors (Lipinski definition) is 2. The zero-order valence-electron chi connectivity index (χ0n) is 11.3. The smallest absolute Gasteiger partial charge is 0.102 e. The van der Waals surface area contributed by atoms with Gasteiger partial charge in [-0.3, -0.25) is 0 Å². The molecule has 0 aromatic rings. The van der Waals surface area contributed by atoms with E-state index in [9.17, 15) is 5.11 Å². The molecule has 1 rings (SSSR count). The van der Waals surface area contributed by atoms with Crippen molar-refractivity contribution in [2.75, 3.05) is 0 Å². The van der Waals surface area contributed by atoms with E-state index < -0.39 is 5.60 Å². The molecule has 0 amide bonds. The maximum absolute atomic E-state index is 10.5. The quantitative estimate of drug-likeness (QED) is 0.551. The summed E-state index contributed by atoms with van der Waals surface area (Å²) in [6.07, 6.45) is 10.1. The second kappa shape index (κ2) is 6.15. The summed E-state index contributed by atoms with van der Waals surface area (Å²) < 4.78 is 0. The Morgan fingerprint density at radius 3 is 2.76 bits per heavy atom. The molecule has 0 spiro atoms. The molecule has 2 atom stereocenters. The Morgan fingerprint density at radius 2 is 2.29 bits per heavy atom. The highest BCUT2D eigenvalue weighted by molar-refractivity contribution is 5.65. The maximum atomic E-state index is 10.5. The lowest BCUT2D eigenvalue weighted by Crippen LogP contribution is -2.40. The number of aliphatic hydroxyl groups is 1. The molecular formula is C15H25NO. The van der Waals surface area contributed by atoms with Crippen molar-refractivity contribution in [1.82, 2.24) is 0 Å². The molecule has 2 heteroatoms. The summed E-state index contributed by atoms with van der Waals surface area (Å²) >= 11 is 0. The van der Waals surface area contributed by atoms with Crippen molar-refractivity contribution in [1.29, 1.82) is 5.41 Å². The fraction of sp³-hybridized carbons (Fsp3) is 0.667. The lowest BCUT2D eigenvalue weighted by atomic mass is 9.76. The third kappa shape index (κ3) is 4.12. The number of rotatable bonds is 5. The van der Waals surface area contributed by atoms with Gasteiger partial charge < -0.3 is 10.5 Å². The molecule has 0 saturated heterocycles. The van der Waals surface area contributed by atoms with Gasteiger partial charge in [-0.25, -0.2) is 0 Å². The van der Waals surface area contributed by atoms with Crippen molar-refractivity contribution in [3.63, 3.8) is 0 Å². The van der Waals surface area contributed by atoms with Gasteiger partial charge >= 0.3 is 0 Å². The summed E-state index contributed by atoms with van der Waals surface area (Å²) in [7, 11) is 0. The normalized spacial score (nSPS) is 23.5. The van der Waals surface area contributed by atoms with Crippen molar-refractivity contribution in [3.05, 3.63) is 23.3 Å². The summed E-state index contributed by atoms with van der Waals surface area (Å²) in [5.74, 6) is 0.217. The fourth-order valence-corrected chi connectivity index (χ4v) is 2.41. The average Bonchev–Trinajstić information content (AvgIpc) is 2.29. The summed E-state index contributed by atoms with van der Waals surface area (Å²) in [5, 5.41) is 18.1. The van der Waals surface area contributed by atoms with E-state index in [1.54, 1.807) is 0 Å². The molecule has 96 valence electrons. The Hall–Kier alpha value is -0.890. The highest BCUT2D eigenvalue weighted by atomic mass is 16.3. The van der Waals surface area contributed by atoms with Gasteiger partial charge in [-0.2, -0.15) is 0 Å². The standard InChI is InChI=1S/C15H25NO/c1-12(2)5-4-10-15(17,11-16)14-8-6-13(3)7-9-14/h5-6,11,14,16-17H,4,7-10H2,1-3H3/t14-,15-/m1/s1. The molecule has 1 aliphatic rings. The van der Waals surface area contributed by atoms with Crippen LogP contribution in [0.1, 0.15) is 52.9 Å². The van der Waals surface area contributed by atoms with Crippen molar-refractivity contribution >= 4 is 6.21 Å². The van der Waals surface area contributed by atoms with E-state index in [0.29, 0.717) is 6.42 Å². The van der Waals surface area contributed by atoms with Gasteiger partial charge in [-0.05, 0) is 58.8 Å². The number of nitrogens with one attached hydrogen (secondary N) is 1. The third-order valence-corrected chi connectivity index (χ3v) is 3.69. The predicted octanol–water partition coefficient (Wildman–Crippen LogP) is 3.86. The first-order valence-corrected chi connectivity index (χ1v) is 6.51. The highest BCUT2D eigenvalue weighted by Gasteiger charge is 2.34. The molecule has 0 bridgehead atoms. The molecule has 0 fully saturated rings. The van der Waals surface area contributed by atoms with Crippen LogP contribution in [0, 0.1) is 11.3 Å². The summed E-state index contributed by atoms with van der Waals surface area (Å²) in [6, 6.07) is 0. The van der Waals surface area contributed by atoms with E-state index in [4.69, 9.17) is 5.41 Å². The van der Waals surface area contributed by atoms with Crippen LogP contribution in [-0.4, -0.2) is 16.9 Å². The lowest BCUT2D eigenvalue weighted by molar-refractivity contribution is 0.0393. The van der Waals surface area contributed by atoms with Crippen LogP contribution in [0.3, 0.4) is 0 Å². The monoisotopic (exact) mass is 235 g/mol. The zero-order chi connectivity index (χ0) is 12.9. The first kappa shape index (κ1) is 14.2. The van der Waals surface area contributed by atoms with Crippen LogP contribution in [-0.2, 0) is 0 Å². The van der Waals surface area contributed by atoms with Crippen LogP contribution in [0.2, 0.25) is 0 Å². The molecule has 2 nitrogen and oxygen atoms in total. The topological polar surface area (TPSA) is 44.1 Å². The van der Waals surface area contributed by atoms with Crippen LogP contribution in [0.5, 0.6) is 0 Å². The predicted molar refractivity (Wildman–Crippen MR) is 73.5 cm³/mol. The molecule has 0 aromatic heterocycles. The van der Waals surface area contributed by atoms with Crippen molar-refractivity contribution in [2.24, 2.45) is 5.92 Å². The Balaban J connectivity index is 2.62. The minimum atomic E-state index is -0.914. The summed E-state index contributed by atoms with van der Waals surface area (Å²) in [6.45, 7) is 6.27. The van der Waals surface area contributed by atoms with Gasteiger partial charge in [0.05, 0.1) is 0 Å². The van der Waals surface area contributed by atoms with Gasteiger partial charge in [-0.1, -0.05) is 23.3 Å². The molecule has 0 saturated carbocycles. The number of allylic oxidation sites excluding steroid dienone is 4. The molecule has 1 aliphatic carbocycles. The van der Waals surface area contributed by atoms with E-state index in [1.165, 1.54) is 17.4 Å². The molecule has 17 heavy (non-hydrogen) atoms. The van der Waals surface area contributed by atoms with Crippen molar-refractivity contribution < 1.29 is 5.11 Å². The highest BCUT2D eigenvalue weighted by Crippen LogP contribution is 2.33. The van der Waals surface area contributed by atoms with Crippen LogP contribution in [0.25, 0.3) is 0 Å². The van der Waals surface area contributed by atoms with Gasteiger partial charge in [0.2, 0.25) is 0 Å². The van der Waals surface area contributed by atoms with Gasteiger partial charge in [0, 0.05) is 6.21 Å². The first-order chi connectivity index (χ1) is 7.98. The van der Waals surface area contributed by atoms with Crippen molar-refractivity contribution in [3.8, 4) is 0 Å². The van der Waals surface area contributed by atoms with E-state index in [0.717, 1.165) is 25.7 Å². The molecule has 0 heterocycles. The molecular weight excluding hydrogens is 210 g/mol. The van der Waals surface area contributed by atoms with Gasteiger partial charge in [0.1, 0.15) is 5.60 Å². The van der Waals surface area contributed by atoms with Crippen LogP contribution in [0.4, 0.5) is 0 Å². The molecule has 2 N–H and O–H groups in total. The second-order valence-corrected chi connectivity index (χ2v) is 5.48. The van der Waals surface area contributed by atoms with E-state index >= 15 is 0 Å². The number of hydrogen-bond acceptors (Lipinski definition) is 2. The van der Waals surface area contributed by atoms with Crippen LogP contribution >= 0.6 is 0 Å². The lowest BCUT2D eigenvalue weighted by Gasteiger charge is -2.34. The maximum Gasteiger partial charge on any atom is 0.102 e. The first-order valence-electron chi connectivity index (χ1n) is 6.51. The molecule has 0 unspecified atom stereocenters. The summed E-state index contributed by atoms with van der Waals surface area (Å²) in [5.41, 5.74) is 1.78. The second-order valence-electron chi connectivity index (χ2n) is 5.48. The fourth-order valence-electron chi connectivity index (χ4n) is 2.41. The minimum absolute atomic E-state index is 0.217.